The molecule has 1 rings (SSSR count). The van der Waals surface area contributed by atoms with Crippen molar-refractivity contribution >= 4 is 5.91 Å². The molecule has 0 aliphatic rings. The number of nitrogens with one attached hydrogen (secondary N) is 1. The molecule has 1 aromatic carbocycles. The third kappa shape index (κ3) is 4.85. The van der Waals surface area contributed by atoms with Gasteiger partial charge in [0, 0.05) is 12.1 Å². The number of benzene rings is 1. The monoisotopic (exact) mass is 279 g/mol. The Bertz CT molecular complexity index is 427. The molecule has 112 valence electrons. The first-order valence-corrected chi connectivity index (χ1v) is 7.28. The predicted octanol–water partition coefficient (Wildman–Crippen LogP) is 2.76. The normalized spacial score (nSPS) is 11.2. The van der Waals surface area contributed by atoms with Crippen LogP contribution in [-0.2, 0) is 0 Å². The molecule has 0 fully saturated rings. The first-order valence-electron chi connectivity index (χ1n) is 7.28. The lowest BCUT2D eigenvalue weighted by Gasteiger charge is -2.25. The van der Waals surface area contributed by atoms with Gasteiger partial charge in [-0.3, -0.25) is 4.79 Å². The summed E-state index contributed by atoms with van der Waals surface area (Å²) >= 11 is 0. The van der Waals surface area contributed by atoms with E-state index in [2.05, 4.69) is 5.32 Å². The van der Waals surface area contributed by atoms with Crippen molar-refractivity contribution < 1.29 is 14.6 Å². The van der Waals surface area contributed by atoms with Crippen LogP contribution in [0.3, 0.4) is 0 Å². The first kappa shape index (κ1) is 16.5. The molecule has 0 saturated carbocycles. The highest BCUT2D eigenvalue weighted by molar-refractivity contribution is 5.94. The second-order valence-corrected chi connectivity index (χ2v) is 4.99. The Balaban J connectivity index is 2.63. The van der Waals surface area contributed by atoms with Crippen molar-refractivity contribution in [2.24, 2.45) is 0 Å². The average molecular weight is 279 g/mol. The van der Waals surface area contributed by atoms with E-state index < -0.39 is 5.60 Å². The minimum atomic E-state index is -0.827. The van der Waals surface area contributed by atoms with Gasteiger partial charge in [0.15, 0.2) is 0 Å². The van der Waals surface area contributed by atoms with E-state index in [0.29, 0.717) is 30.8 Å². The molecule has 4 nitrogen and oxygen atoms in total. The largest absolute Gasteiger partial charge is 0.494 e. The van der Waals surface area contributed by atoms with Crippen LogP contribution >= 0.6 is 0 Å². The second kappa shape index (κ2) is 7.90. The molecule has 0 atom stereocenters. The third-order valence-electron chi connectivity index (χ3n) is 3.46. The zero-order chi connectivity index (χ0) is 15.0. The molecule has 0 spiro atoms. The van der Waals surface area contributed by atoms with E-state index in [0.717, 1.165) is 6.42 Å². The minimum Gasteiger partial charge on any atom is -0.494 e. The van der Waals surface area contributed by atoms with Crippen molar-refractivity contribution in [2.75, 3.05) is 13.2 Å². The zero-order valence-electron chi connectivity index (χ0n) is 12.6. The Morgan fingerprint density at radius 3 is 2.60 bits per heavy atom. The van der Waals surface area contributed by atoms with E-state index in [4.69, 9.17) is 4.74 Å². The molecule has 0 radical (unpaired) electrons. The second-order valence-electron chi connectivity index (χ2n) is 4.99. The summed E-state index contributed by atoms with van der Waals surface area (Å²) < 4.78 is 5.50. The fourth-order valence-corrected chi connectivity index (χ4v) is 1.79. The maximum Gasteiger partial charge on any atom is 0.251 e. The molecule has 0 aliphatic heterocycles. The summed E-state index contributed by atoms with van der Waals surface area (Å²) in [5, 5.41) is 12.9. The van der Waals surface area contributed by atoms with Gasteiger partial charge in [-0.1, -0.05) is 26.8 Å². The van der Waals surface area contributed by atoms with Gasteiger partial charge in [-0.2, -0.15) is 0 Å². The van der Waals surface area contributed by atoms with E-state index in [1.165, 1.54) is 0 Å². The van der Waals surface area contributed by atoms with Crippen molar-refractivity contribution in [3.05, 3.63) is 29.8 Å². The Labute approximate surface area is 121 Å². The Morgan fingerprint density at radius 1 is 1.30 bits per heavy atom. The van der Waals surface area contributed by atoms with Crippen LogP contribution in [-0.4, -0.2) is 29.8 Å². The van der Waals surface area contributed by atoms with Gasteiger partial charge in [-0.25, -0.2) is 0 Å². The van der Waals surface area contributed by atoms with Crippen molar-refractivity contribution in [1.82, 2.24) is 5.32 Å². The molecule has 2 N–H and O–H groups in total. The Morgan fingerprint density at radius 2 is 2.00 bits per heavy atom. The maximum absolute atomic E-state index is 12.1. The first-order chi connectivity index (χ1) is 9.54. The van der Waals surface area contributed by atoms with Gasteiger partial charge in [0.05, 0.1) is 12.2 Å². The minimum absolute atomic E-state index is 0.188. The Hall–Kier alpha value is -1.55. The summed E-state index contributed by atoms with van der Waals surface area (Å²) in [7, 11) is 0. The van der Waals surface area contributed by atoms with Gasteiger partial charge < -0.3 is 15.2 Å². The molecule has 0 aliphatic carbocycles. The smallest absolute Gasteiger partial charge is 0.251 e. The molecule has 20 heavy (non-hydrogen) atoms. The summed E-state index contributed by atoms with van der Waals surface area (Å²) in [4.78, 5) is 12.1. The van der Waals surface area contributed by atoms with Gasteiger partial charge in [0.1, 0.15) is 5.75 Å². The van der Waals surface area contributed by atoms with Gasteiger partial charge >= 0.3 is 0 Å². The number of rotatable bonds is 8. The predicted molar refractivity (Wildman–Crippen MR) is 80.1 cm³/mol. The molecular weight excluding hydrogens is 254 g/mol. The fourth-order valence-electron chi connectivity index (χ4n) is 1.79. The number of carbonyl (C=O) groups excluding carboxylic acids is 1. The SMILES string of the molecule is CCCOc1cccc(C(=O)NCC(O)(CC)CC)c1. The van der Waals surface area contributed by atoms with Crippen molar-refractivity contribution in [1.29, 1.82) is 0 Å². The highest BCUT2D eigenvalue weighted by atomic mass is 16.5. The number of carbonyl (C=O) groups is 1. The van der Waals surface area contributed by atoms with Crippen LogP contribution in [0, 0.1) is 0 Å². The average Bonchev–Trinajstić information content (AvgIpc) is 2.50. The van der Waals surface area contributed by atoms with Crippen LogP contribution in [0.1, 0.15) is 50.4 Å². The van der Waals surface area contributed by atoms with Crippen molar-refractivity contribution in [2.45, 2.75) is 45.6 Å². The van der Waals surface area contributed by atoms with Crippen LogP contribution in [0.25, 0.3) is 0 Å². The van der Waals surface area contributed by atoms with Gasteiger partial charge in [-0.05, 0) is 37.5 Å². The van der Waals surface area contributed by atoms with Crippen molar-refractivity contribution in [3.8, 4) is 5.75 Å². The van der Waals surface area contributed by atoms with E-state index in [1.54, 1.807) is 18.2 Å². The summed E-state index contributed by atoms with van der Waals surface area (Å²) in [6, 6.07) is 7.10. The standard InChI is InChI=1S/C16H25NO3/c1-4-10-20-14-9-7-8-13(11-14)15(18)17-12-16(19,5-2)6-3/h7-9,11,19H,4-6,10,12H2,1-3H3,(H,17,18). The van der Waals surface area contributed by atoms with E-state index in [-0.39, 0.29) is 12.5 Å². The van der Waals surface area contributed by atoms with Gasteiger partial charge in [0.25, 0.3) is 5.91 Å². The van der Waals surface area contributed by atoms with Crippen molar-refractivity contribution in [3.63, 3.8) is 0 Å². The van der Waals surface area contributed by atoms with E-state index in [9.17, 15) is 9.90 Å². The lowest BCUT2D eigenvalue weighted by atomic mass is 9.97. The fraction of sp³-hybridized carbons (Fsp3) is 0.562. The molecular formula is C16H25NO3. The van der Waals surface area contributed by atoms with Crippen LogP contribution < -0.4 is 10.1 Å². The topological polar surface area (TPSA) is 58.6 Å². The molecule has 0 saturated heterocycles. The lowest BCUT2D eigenvalue weighted by molar-refractivity contribution is 0.0314. The lowest BCUT2D eigenvalue weighted by Crippen LogP contribution is -2.42. The maximum atomic E-state index is 12.1. The highest BCUT2D eigenvalue weighted by Crippen LogP contribution is 2.15. The highest BCUT2D eigenvalue weighted by Gasteiger charge is 2.23. The Kier molecular flexibility index (Phi) is 6.52. The van der Waals surface area contributed by atoms with E-state index >= 15 is 0 Å². The number of aliphatic hydroxyl groups is 1. The molecule has 4 heteroatoms. The number of hydrogen-bond acceptors (Lipinski definition) is 3. The van der Waals surface area contributed by atoms with Crippen LogP contribution in [0.4, 0.5) is 0 Å². The van der Waals surface area contributed by atoms with Crippen LogP contribution in [0.2, 0.25) is 0 Å². The molecule has 0 aromatic heterocycles. The molecule has 0 bridgehead atoms. The number of amides is 1. The summed E-state index contributed by atoms with van der Waals surface area (Å²) in [5.41, 5.74) is -0.278. The number of hydrogen-bond donors (Lipinski definition) is 2. The molecule has 0 unspecified atom stereocenters. The van der Waals surface area contributed by atoms with Crippen LogP contribution in [0.15, 0.2) is 24.3 Å². The molecule has 1 aromatic rings. The summed E-state index contributed by atoms with van der Waals surface area (Å²) in [6.45, 7) is 6.76. The van der Waals surface area contributed by atoms with Gasteiger partial charge in [-0.15, -0.1) is 0 Å². The van der Waals surface area contributed by atoms with Crippen LogP contribution in [0.5, 0.6) is 5.75 Å². The van der Waals surface area contributed by atoms with Gasteiger partial charge in [0.2, 0.25) is 0 Å². The molecule has 1 amide bonds. The number of ether oxygens (including phenoxy) is 1. The summed E-state index contributed by atoms with van der Waals surface area (Å²) in [6.07, 6.45) is 2.16. The van der Waals surface area contributed by atoms with E-state index in [1.807, 2.05) is 26.8 Å². The quantitative estimate of drug-likeness (QED) is 0.769. The zero-order valence-corrected chi connectivity index (χ0v) is 12.6. The third-order valence-corrected chi connectivity index (χ3v) is 3.46. The summed E-state index contributed by atoms with van der Waals surface area (Å²) in [5.74, 6) is 0.507. The molecule has 0 heterocycles.